The minimum atomic E-state index is -0.222. The molecule has 0 bridgehead atoms. The van der Waals surface area contributed by atoms with E-state index >= 15 is 0 Å². The zero-order valence-electron chi connectivity index (χ0n) is 10.9. The number of ether oxygens (including phenoxy) is 1. The molecule has 0 aromatic heterocycles. The molecule has 0 radical (unpaired) electrons. The van der Waals surface area contributed by atoms with Crippen molar-refractivity contribution in [2.45, 2.75) is 58.6 Å². The Morgan fingerprint density at radius 3 is 2.50 bits per heavy atom. The quantitative estimate of drug-likeness (QED) is 0.649. The van der Waals surface area contributed by atoms with Crippen LogP contribution >= 0.6 is 0 Å². The van der Waals surface area contributed by atoms with Gasteiger partial charge < -0.3 is 10.1 Å². The Hall–Kier alpha value is -0.150. The Kier molecular flexibility index (Phi) is 5.70. The lowest BCUT2D eigenvalue weighted by molar-refractivity contribution is -0.137. The smallest absolute Gasteiger partial charge is 0.0906 e. The Labute approximate surface area is 98.9 Å². The van der Waals surface area contributed by atoms with E-state index in [0.29, 0.717) is 18.6 Å². The molecular weight excluding hydrogens is 205 g/mol. The second-order valence-electron chi connectivity index (χ2n) is 4.67. The summed E-state index contributed by atoms with van der Waals surface area (Å²) in [4.78, 5) is 0. The first-order valence-electron chi connectivity index (χ1n) is 6.66. The molecule has 3 heteroatoms. The van der Waals surface area contributed by atoms with Crippen LogP contribution in [-0.2, 0) is 4.74 Å². The molecule has 0 saturated heterocycles. The third-order valence-electron chi connectivity index (χ3n) is 4.17. The molecule has 0 spiro atoms. The number of rotatable bonds is 8. The first kappa shape index (κ1) is 13.9. The van der Waals surface area contributed by atoms with Gasteiger partial charge in [0.25, 0.3) is 0 Å². The van der Waals surface area contributed by atoms with Gasteiger partial charge in [0, 0.05) is 18.1 Å². The van der Waals surface area contributed by atoms with Crippen LogP contribution in [0.25, 0.3) is 0 Å². The average Bonchev–Trinajstić information content (AvgIpc) is 2.29. The fourth-order valence-corrected chi connectivity index (χ4v) is 3.01. The van der Waals surface area contributed by atoms with Gasteiger partial charge in [0.15, 0.2) is 0 Å². The highest BCUT2D eigenvalue weighted by molar-refractivity contribution is 5.06. The average molecular weight is 231 g/mol. The molecular formula is C13H26FNO. The van der Waals surface area contributed by atoms with Crippen LogP contribution in [0.5, 0.6) is 0 Å². The summed E-state index contributed by atoms with van der Waals surface area (Å²) >= 11 is 0. The van der Waals surface area contributed by atoms with E-state index in [1.54, 1.807) is 0 Å². The highest BCUT2D eigenvalue weighted by atomic mass is 19.1. The van der Waals surface area contributed by atoms with Gasteiger partial charge in [-0.2, -0.15) is 0 Å². The highest BCUT2D eigenvalue weighted by Crippen LogP contribution is 2.48. The van der Waals surface area contributed by atoms with Crippen molar-refractivity contribution >= 4 is 0 Å². The maximum Gasteiger partial charge on any atom is 0.0906 e. The molecule has 1 saturated carbocycles. The number of hydrogen-bond donors (Lipinski definition) is 1. The second-order valence-corrected chi connectivity index (χ2v) is 4.67. The summed E-state index contributed by atoms with van der Waals surface area (Å²) in [6.07, 6.45) is 4.39. The maximum atomic E-state index is 12.1. The van der Waals surface area contributed by atoms with Gasteiger partial charge in [-0.1, -0.05) is 13.8 Å². The lowest BCUT2D eigenvalue weighted by Gasteiger charge is -2.55. The summed E-state index contributed by atoms with van der Waals surface area (Å²) in [5.41, 5.74) is 0.284. The standard InChI is InChI=1S/C13H26FNO/c1-4-13(5-2)11(15-9-7-8-14)10-12(13)16-6-3/h11-12,15H,4-10H2,1-3H3. The van der Waals surface area contributed by atoms with E-state index in [9.17, 15) is 4.39 Å². The van der Waals surface area contributed by atoms with Crippen molar-refractivity contribution in [2.24, 2.45) is 5.41 Å². The molecule has 1 rings (SSSR count). The fraction of sp³-hybridized carbons (Fsp3) is 1.00. The predicted octanol–water partition coefficient (Wildman–Crippen LogP) is 2.92. The molecule has 16 heavy (non-hydrogen) atoms. The highest BCUT2D eigenvalue weighted by Gasteiger charge is 2.52. The second kappa shape index (κ2) is 6.55. The van der Waals surface area contributed by atoms with E-state index in [2.05, 4.69) is 26.1 Å². The number of nitrogens with one attached hydrogen (secondary N) is 1. The SMILES string of the molecule is CCOC1CC(NCCCF)C1(CC)CC. The summed E-state index contributed by atoms with van der Waals surface area (Å²) in [6.45, 7) is 7.89. The fourth-order valence-electron chi connectivity index (χ4n) is 3.01. The molecule has 2 atom stereocenters. The van der Waals surface area contributed by atoms with E-state index < -0.39 is 0 Å². The summed E-state index contributed by atoms with van der Waals surface area (Å²) in [7, 11) is 0. The van der Waals surface area contributed by atoms with E-state index in [-0.39, 0.29) is 12.1 Å². The Balaban J connectivity index is 2.47. The summed E-state index contributed by atoms with van der Waals surface area (Å²) < 4.78 is 17.9. The van der Waals surface area contributed by atoms with E-state index in [4.69, 9.17) is 4.74 Å². The van der Waals surface area contributed by atoms with Crippen molar-refractivity contribution in [1.29, 1.82) is 0 Å². The molecule has 96 valence electrons. The Morgan fingerprint density at radius 2 is 2.00 bits per heavy atom. The van der Waals surface area contributed by atoms with Crippen LogP contribution in [0, 0.1) is 5.41 Å². The molecule has 0 heterocycles. The third-order valence-corrected chi connectivity index (χ3v) is 4.17. The van der Waals surface area contributed by atoms with Crippen molar-refractivity contribution in [2.75, 3.05) is 19.8 Å². The number of halogens is 1. The lowest BCUT2D eigenvalue weighted by Crippen LogP contribution is -2.63. The molecule has 2 nitrogen and oxygen atoms in total. The number of hydrogen-bond acceptors (Lipinski definition) is 2. The largest absolute Gasteiger partial charge is 0.378 e. The van der Waals surface area contributed by atoms with Crippen LogP contribution in [-0.4, -0.2) is 32.0 Å². The molecule has 1 aliphatic carbocycles. The summed E-state index contributed by atoms with van der Waals surface area (Å²) in [5.74, 6) is 0. The van der Waals surface area contributed by atoms with Crippen LogP contribution in [0.4, 0.5) is 4.39 Å². The Morgan fingerprint density at radius 1 is 1.31 bits per heavy atom. The topological polar surface area (TPSA) is 21.3 Å². The Bertz CT molecular complexity index is 192. The predicted molar refractivity (Wildman–Crippen MR) is 65.4 cm³/mol. The third kappa shape index (κ3) is 2.57. The van der Waals surface area contributed by atoms with Crippen LogP contribution in [0.3, 0.4) is 0 Å². The minimum Gasteiger partial charge on any atom is -0.378 e. The first-order valence-corrected chi connectivity index (χ1v) is 6.66. The minimum absolute atomic E-state index is 0.222. The number of alkyl halides is 1. The van der Waals surface area contributed by atoms with Crippen LogP contribution in [0.1, 0.15) is 46.5 Å². The van der Waals surface area contributed by atoms with Crippen molar-refractivity contribution < 1.29 is 9.13 Å². The molecule has 0 aromatic carbocycles. The molecule has 0 aliphatic heterocycles. The van der Waals surface area contributed by atoms with Crippen molar-refractivity contribution in [3.8, 4) is 0 Å². The van der Waals surface area contributed by atoms with Gasteiger partial charge in [-0.05, 0) is 39.2 Å². The van der Waals surface area contributed by atoms with Gasteiger partial charge >= 0.3 is 0 Å². The van der Waals surface area contributed by atoms with Crippen molar-refractivity contribution in [3.63, 3.8) is 0 Å². The first-order chi connectivity index (χ1) is 7.75. The van der Waals surface area contributed by atoms with Crippen LogP contribution < -0.4 is 5.32 Å². The van der Waals surface area contributed by atoms with E-state index in [1.807, 2.05) is 0 Å². The molecule has 1 fully saturated rings. The lowest BCUT2D eigenvalue weighted by atomic mass is 9.58. The zero-order chi connectivity index (χ0) is 12.0. The van der Waals surface area contributed by atoms with Crippen molar-refractivity contribution in [3.05, 3.63) is 0 Å². The van der Waals surface area contributed by atoms with E-state index in [0.717, 1.165) is 32.4 Å². The van der Waals surface area contributed by atoms with Crippen molar-refractivity contribution in [1.82, 2.24) is 5.32 Å². The molecule has 0 aromatic rings. The van der Waals surface area contributed by atoms with Gasteiger partial charge in [-0.25, -0.2) is 0 Å². The molecule has 1 aliphatic rings. The van der Waals surface area contributed by atoms with Gasteiger partial charge in [0.2, 0.25) is 0 Å². The molecule has 0 amide bonds. The summed E-state index contributed by atoms with van der Waals surface area (Å²) in [6, 6.07) is 0.519. The van der Waals surface area contributed by atoms with Gasteiger partial charge in [-0.3, -0.25) is 4.39 Å². The normalized spacial score (nSPS) is 27.8. The monoisotopic (exact) mass is 231 g/mol. The summed E-state index contributed by atoms with van der Waals surface area (Å²) in [5, 5.41) is 3.48. The van der Waals surface area contributed by atoms with Gasteiger partial charge in [0.1, 0.15) is 0 Å². The zero-order valence-corrected chi connectivity index (χ0v) is 10.9. The molecule has 1 N–H and O–H groups in total. The van der Waals surface area contributed by atoms with Gasteiger partial charge in [-0.15, -0.1) is 0 Å². The van der Waals surface area contributed by atoms with Crippen LogP contribution in [0.2, 0.25) is 0 Å². The molecule has 2 unspecified atom stereocenters. The van der Waals surface area contributed by atoms with Gasteiger partial charge in [0.05, 0.1) is 12.8 Å². The van der Waals surface area contributed by atoms with Crippen LogP contribution in [0.15, 0.2) is 0 Å². The maximum absolute atomic E-state index is 12.1. The van der Waals surface area contributed by atoms with E-state index in [1.165, 1.54) is 0 Å².